The molecule has 0 unspecified atom stereocenters. The molecular weight excluding hydrogens is 393 g/mol. The highest BCUT2D eigenvalue weighted by Crippen LogP contribution is 2.31. The van der Waals surface area contributed by atoms with Crippen molar-refractivity contribution in [2.45, 2.75) is 13.3 Å². The Hall–Kier alpha value is -2.54. The van der Waals surface area contributed by atoms with E-state index in [1.807, 2.05) is 18.3 Å². The molecule has 1 aromatic heterocycles. The van der Waals surface area contributed by atoms with E-state index in [4.69, 9.17) is 0 Å². The van der Waals surface area contributed by atoms with Crippen LogP contribution < -0.4 is 15.1 Å². The standard InChI is InChI=1S/C21H28FN5O.ClH/c1-4-9-24-20-16(21(28)25(2)3)14-23-15-19(20)27-12-10-26(11-13-27)18-8-6-5-7-17(18)22;/h5-8,14-15H,4,9-13H2,1-3H3,(H,23,24);1H. The summed E-state index contributed by atoms with van der Waals surface area (Å²) in [5, 5.41) is 3.41. The average Bonchev–Trinajstić information content (AvgIpc) is 2.72. The van der Waals surface area contributed by atoms with Crippen molar-refractivity contribution in [2.24, 2.45) is 0 Å². The quantitative estimate of drug-likeness (QED) is 0.773. The number of anilines is 3. The lowest BCUT2D eigenvalue weighted by Gasteiger charge is -2.38. The Morgan fingerprint density at radius 2 is 1.72 bits per heavy atom. The lowest BCUT2D eigenvalue weighted by Crippen LogP contribution is -2.47. The highest BCUT2D eigenvalue weighted by atomic mass is 35.5. The molecule has 2 aromatic rings. The molecule has 0 radical (unpaired) electrons. The second kappa shape index (κ2) is 10.3. The third kappa shape index (κ3) is 5.09. The van der Waals surface area contributed by atoms with E-state index in [1.165, 1.54) is 6.07 Å². The molecule has 1 N–H and O–H groups in total. The number of pyridine rings is 1. The molecule has 158 valence electrons. The number of benzene rings is 1. The van der Waals surface area contributed by atoms with Crippen molar-refractivity contribution in [3.05, 3.63) is 48.0 Å². The van der Waals surface area contributed by atoms with E-state index in [0.29, 0.717) is 24.3 Å². The van der Waals surface area contributed by atoms with Crippen molar-refractivity contribution in [1.29, 1.82) is 0 Å². The molecule has 6 nitrogen and oxygen atoms in total. The van der Waals surface area contributed by atoms with Gasteiger partial charge in [-0.3, -0.25) is 9.78 Å². The highest BCUT2D eigenvalue weighted by Gasteiger charge is 2.24. The number of para-hydroxylation sites is 1. The van der Waals surface area contributed by atoms with Crippen molar-refractivity contribution in [3.63, 3.8) is 0 Å². The van der Waals surface area contributed by atoms with Gasteiger partial charge in [-0.05, 0) is 18.6 Å². The summed E-state index contributed by atoms with van der Waals surface area (Å²) in [5.41, 5.74) is 2.97. The van der Waals surface area contributed by atoms with Crippen LogP contribution in [0.3, 0.4) is 0 Å². The molecule has 3 rings (SSSR count). The van der Waals surface area contributed by atoms with Crippen LogP contribution in [0.25, 0.3) is 0 Å². The molecule has 1 fully saturated rings. The van der Waals surface area contributed by atoms with Crippen molar-refractivity contribution in [2.75, 3.05) is 61.9 Å². The first-order valence-corrected chi connectivity index (χ1v) is 9.71. The van der Waals surface area contributed by atoms with Crippen LogP contribution in [-0.4, -0.2) is 62.6 Å². The summed E-state index contributed by atoms with van der Waals surface area (Å²) in [4.78, 5) is 22.8. The number of hydrogen-bond donors (Lipinski definition) is 1. The Morgan fingerprint density at radius 3 is 2.31 bits per heavy atom. The number of piperazine rings is 1. The number of nitrogens with zero attached hydrogens (tertiary/aromatic N) is 4. The summed E-state index contributed by atoms with van der Waals surface area (Å²) in [6.07, 6.45) is 4.39. The first-order chi connectivity index (χ1) is 13.5. The normalized spacial score (nSPS) is 13.7. The van der Waals surface area contributed by atoms with E-state index in [-0.39, 0.29) is 24.1 Å². The van der Waals surface area contributed by atoms with E-state index >= 15 is 0 Å². The first kappa shape index (κ1) is 22.7. The summed E-state index contributed by atoms with van der Waals surface area (Å²) in [6, 6.07) is 6.88. The zero-order valence-electron chi connectivity index (χ0n) is 17.2. The number of hydrogen-bond acceptors (Lipinski definition) is 5. The third-order valence-corrected chi connectivity index (χ3v) is 4.93. The maximum atomic E-state index is 14.1. The summed E-state index contributed by atoms with van der Waals surface area (Å²) < 4.78 is 14.1. The van der Waals surface area contributed by atoms with E-state index in [0.717, 1.165) is 37.4 Å². The van der Waals surface area contributed by atoms with Gasteiger partial charge in [-0.15, -0.1) is 12.4 Å². The Labute approximate surface area is 178 Å². The fraction of sp³-hybridized carbons (Fsp3) is 0.429. The van der Waals surface area contributed by atoms with E-state index in [2.05, 4.69) is 27.0 Å². The molecule has 1 amide bonds. The van der Waals surface area contributed by atoms with Crippen LogP contribution in [0.4, 0.5) is 21.5 Å². The van der Waals surface area contributed by atoms with Crippen molar-refractivity contribution in [1.82, 2.24) is 9.88 Å². The fourth-order valence-corrected chi connectivity index (χ4v) is 3.42. The smallest absolute Gasteiger partial charge is 0.257 e. The first-order valence-electron chi connectivity index (χ1n) is 9.71. The molecule has 1 aliphatic heterocycles. The van der Waals surface area contributed by atoms with Crippen LogP contribution >= 0.6 is 12.4 Å². The molecule has 1 aliphatic rings. The maximum absolute atomic E-state index is 14.1. The number of halogens is 2. The van der Waals surface area contributed by atoms with Gasteiger partial charge in [-0.1, -0.05) is 19.1 Å². The maximum Gasteiger partial charge on any atom is 0.257 e. The van der Waals surface area contributed by atoms with Crippen LogP contribution in [0.2, 0.25) is 0 Å². The SMILES string of the molecule is CCCNc1c(C(=O)N(C)C)cncc1N1CCN(c2ccccc2F)CC1.Cl. The number of nitrogens with one attached hydrogen (secondary N) is 1. The molecule has 0 saturated carbocycles. The largest absolute Gasteiger partial charge is 0.383 e. The van der Waals surface area contributed by atoms with Gasteiger partial charge >= 0.3 is 0 Å². The predicted molar refractivity (Wildman–Crippen MR) is 119 cm³/mol. The number of amides is 1. The van der Waals surface area contributed by atoms with Gasteiger partial charge in [0.25, 0.3) is 5.91 Å². The minimum Gasteiger partial charge on any atom is -0.383 e. The van der Waals surface area contributed by atoms with Gasteiger partial charge in [-0.2, -0.15) is 0 Å². The fourth-order valence-electron chi connectivity index (χ4n) is 3.42. The Balaban J connectivity index is 0.00000300. The zero-order chi connectivity index (χ0) is 20.1. The van der Waals surface area contributed by atoms with Crippen LogP contribution in [0.1, 0.15) is 23.7 Å². The summed E-state index contributed by atoms with van der Waals surface area (Å²) in [5.74, 6) is -0.264. The molecule has 1 saturated heterocycles. The minimum atomic E-state index is -0.193. The van der Waals surface area contributed by atoms with Crippen LogP contribution in [0.5, 0.6) is 0 Å². The monoisotopic (exact) mass is 421 g/mol. The topological polar surface area (TPSA) is 51.7 Å². The predicted octanol–water partition coefficient (Wildman–Crippen LogP) is 3.49. The van der Waals surface area contributed by atoms with Crippen molar-refractivity contribution in [3.8, 4) is 0 Å². The molecule has 2 heterocycles. The Bertz CT molecular complexity index is 824. The lowest BCUT2D eigenvalue weighted by atomic mass is 10.1. The molecule has 0 spiro atoms. The second-order valence-electron chi connectivity index (χ2n) is 7.13. The molecular formula is C21H29ClFN5O. The average molecular weight is 422 g/mol. The lowest BCUT2D eigenvalue weighted by molar-refractivity contribution is 0.0828. The van der Waals surface area contributed by atoms with E-state index < -0.39 is 0 Å². The minimum absolute atomic E-state index is 0. The van der Waals surface area contributed by atoms with Crippen LogP contribution in [0.15, 0.2) is 36.7 Å². The van der Waals surface area contributed by atoms with Gasteiger partial charge in [0, 0.05) is 53.0 Å². The Kier molecular flexibility index (Phi) is 8.08. The Morgan fingerprint density at radius 1 is 1.10 bits per heavy atom. The van der Waals surface area contributed by atoms with Crippen LogP contribution in [0, 0.1) is 5.82 Å². The molecule has 0 atom stereocenters. The molecule has 0 bridgehead atoms. The molecule has 8 heteroatoms. The molecule has 0 aliphatic carbocycles. The third-order valence-electron chi connectivity index (χ3n) is 4.93. The van der Waals surface area contributed by atoms with Gasteiger partial charge in [0.1, 0.15) is 5.82 Å². The number of aromatic nitrogens is 1. The summed E-state index contributed by atoms with van der Waals surface area (Å²) in [7, 11) is 3.48. The summed E-state index contributed by atoms with van der Waals surface area (Å²) in [6.45, 7) is 5.75. The van der Waals surface area contributed by atoms with Gasteiger partial charge in [0.05, 0.1) is 28.8 Å². The second-order valence-corrected chi connectivity index (χ2v) is 7.13. The number of carbonyl (C=O) groups excluding carboxylic acids is 1. The zero-order valence-corrected chi connectivity index (χ0v) is 18.0. The van der Waals surface area contributed by atoms with E-state index in [1.54, 1.807) is 31.3 Å². The number of carbonyl (C=O) groups is 1. The summed E-state index contributed by atoms with van der Waals surface area (Å²) >= 11 is 0. The van der Waals surface area contributed by atoms with Gasteiger partial charge < -0.3 is 20.0 Å². The molecule has 1 aromatic carbocycles. The van der Waals surface area contributed by atoms with Gasteiger partial charge in [-0.25, -0.2) is 4.39 Å². The number of rotatable bonds is 6. The van der Waals surface area contributed by atoms with E-state index in [9.17, 15) is 9.18 Å². The van der Waals surface area contributed by atoms with Crippen molar-refractivity contribution < 1.29 is 9.18 Å². The van der Waals surface area contributed by atoms with Gasteiger partial charge in [0.2, 0.25) is 0 Å². The molecule has 29 heavy (non-hydrogen) atoms. The van der Waals surface area contributed by atoms with Crippen molar-refractivity contribution >= 4 is 35.4 Å². The van der Waals surface area contributed by atoms with Gasteiger partial charge in [0.15, 0.2) is 0 Å². The van der Waals surface area contributed by atoms with Crippen LogP contribution in [-0.2, 0) is 0 Å². The highest BCUT2D eigenvalue weighted by molar-refractivity contribution is 6.02.